The third kappa shape index (κ3) is 5.40. The molecule has 1 fully saturated rings. The van der Waals surface area contributed by atoms with Gasteiger partial charge in [0, 0.05) is 25.6 Å². The van der Waals surface area contributed by atoms with Crippen molar-refractivity contribution in [2.75, 3.05) is 19.7 Å². The molecule has 2 heterocycles. The van der Waals surface area contributed by atoms with E-state index in [1.165, 1.54) is 10.6 Å². The zero-order valence-electron chi connectivity index (χ0n) is 18.4. The first-order valence-electron chi connectivity index (χ1n) is 10.9. The minimum Gasteiger partial charge on any atom is -0.494 e. The summed E-state index contributed by atoms with van der Waals surface area (Å²) < 4.78 is 34.4. The molecule has 1 aliphatic rings. The summed E-state index contributed by atoms with van der Waals surface area (Å²) in [7, 11) is -3.59. The molecule has 10 heteroatoms. The van der Waals surface area contributed by atoms with Gasteiger partial charge in [-0.05, 0) is 61.7 Å². The topological polar surface area (TPSA) is 106 Å². The van der Waals surface area contributed by atoms with Gasteiger partial charge in [0.2, 0.25) is 15.9 Å². The van der Waals surface area contributed by atoms with Crippen molar-refractivity contribution in [1.82, 2.24) is 24.4 Å². The van der Waals surface area contributed by atoms with Crippen LogP contribution in [-0.2, 0) is 21.4 Å². The van der Waals surface area contributed by atoms with Gasteiger partial charge in [-0.25, -0.2) is 18.1 Å². The van der Waals surface area contributed by atoms with Crippen molar-refractivity contribution in [3.63, 3.8) is 0 Å². The van der Waals surface area contributed by atoms with Crippen molar-refractivity contribution in [1.29, 1.82) is 0 Å². The van der Waals surface area contributed by atoms with Gasteiger partial charge in [-0.1, -0.05) is 12.1 Å². The van der Waals surface area contributed by atoms with Gasteiger partial charge in [0.1, 0.15) is 18.4 Å². The van der Waals surface area contributed by atoms with Crippen LogP contribution in [-0.4, -0.2) is 53.1 Å². The summed E-state index contributed by atoms with van der Waals surface area (Å²) in [6.45, 7) is 3.46. The van der Waals surface area contributed by atoms with E-state index in [0.717, 1.165) is 11.3 Å². The number of aromatic nitrogens is 3. The molecular formula is C23H27N5O4S. The average Bonchev–Trinajstić information content (AvgIpc) is 3.39. The monoisotopic (exact) mass is 469 g/mol. The summed E-state index contributed by atoms with van der Waals surface area (Å²) in [5.41, 5.74) is 1.87. The number of hydrogen-bond donors (Lipinski definition) is 1. The fourth-order valence-corrected chi connectivity index (χ4v) is 5.29. The summed E-state index contributed by atoms with van der Waals surface area (Å²) in [5, 5.41) is 7.06. The minimum absolute atomic E-state index is 0.0477. The van der Waals surface area contributed by atoms with E-state index < -0.39 is 10.0 Å². The van der Waals surface area contributed by atoms with Crippen LogP contribution in [0.25, 0.3) is 5.69 Å². The van der Waals surface area contributed by atoms with Crippen molar-refractivity contribution < 1.29 is 17.9 Å². The summed E-state index contributed by atoms with van der Waals surface area (Å²) >= 11 is 0. The number of carbonyl (C=O) groups excluding carboxylic acids is 1. The number of sulfonamides is 1. The van der Waals surface area contributed by atoms with E-state index in [1.807, 2.05) is 31.2 Å². The van der Waals surface area contributed by atoms with Gasteiger partial charge < -0.3 is 10.1 Å². The molecule has 1 aromatic heterocycles. The highest BCUT2D eigenvalue weighted by Gasteiger charge is 2.32. The molecule has 0 unspecified atom stereocenters. The highest BCUT2D eigenvalue weighted by atomic mass is 32.2. The maximum Gasteiger partial charge on any atom is 0.243 e. The molecular weight excluding hydrogens is 442 g/mol. The molecule has 1 N–H and O–H groups in total. The summed E-state index contributed by atoms with van der Waals surface area (Å²) in [4.78, 5) is 16.8. The zero-order valence-corrected chi connectivity index (χ0v) is 19.2. The van der Waals surface area contributed by atoms with E-state index in [2.05, 4.69) is 15.4 Å². The number of ether oxygens (including phenoxy) is 1. The van der Waals surface area contributed by atoms with Gasteiger partial charge in [-0.2, -0.15) is 9.40 Å². The number of benzene rings is 2. The summed E-state index contributed by atoms with van der Waals surface area (Å²) in [6, 6.07) is 14.2. The molecule has 4 rings (SSSR count). The Bertz CT molecular complexity index is 1150. The molecule has 0 atom stereocenters. The van der Waals surface area contributed by atoms with Gasteiger partial charge in [0.15, 0.2) is 0 Å². The average molecular weight is 470 g/mol. The lowest BCUT2D eigenvalue weighted by atomic mass is 9.97. The van der Waals surface area contributed by atoms with E-state index in [1.54, 1.807) is 35.3 Å². The van der Waals surface area contributed by atoms with Gasteiger partial charge in [0.25, 0.3) is 0 Å². The number of carbonyl (C=O) groups is 1. The minimum atomic E-state index is -3.59. The van der Waals surface area contributed by atoms with Crippen LogP contribution in [0.5, 0.6) is 5.75 Å². The van der Waals surface area contributed by atoms with Crippen LogP contribution in [0.15, 0.2) is 66.1 Å². The third-order valence-corrected chi connectivity index (χ3v) is 7.60. The molecule has 0 saturated carbocycles. The Balaban J connectivity index is 1.28. The number of rotatable bonds is 8. The lowest BCUT2D eigenvalue weighted by Crippen LogP contribution is -2.42. The molecule has 0 radical (unpaired) electrons. The molecule has 9 nitrogen and oxygen atoms in total. The number of nitrogens with one attached hydrogen (secondary N) is 1. The first-order chi connectivity index (χ1) is 16.0. The molecule has 1 saturated heterocycles. The molecule has 0 spiro atoms. The van der Waals surface area contributed by atoms with Crippen LogP contribution in [0, 0.1) is 5.92 Å². The first kappa shape index (κ1) is 22.9. The normalized spacial score (nSPS) is 15.3. The Morgan fingerprint density at radius 1 is 1.09 bits per heavy atom. The van der Waals surface area contributed by atoms with Crippen molar-refractivity contribution in [3.8, 4) is 11.4 Å². The third-order valence-electron chi connectivity index (χ3n) is 5.68. The smallest absolute Gasteiger partial charge is 0.243 e. The standard InChI is InChI=1S/C23H27N5O4S/c1-2-32-21-7-9-22(10-8-21)33(30,31)27-13-11-19(12-14-27)23(29)25-15-18-3-5-20(6-4-18)28-17-24-16-26-28/h3-10,16-17,19H,2,11-15H2,1H3,(H,25,29). The Morgan fingerprint density at radius 3 is 2.39 bits per heavy atom. The van der Waals surface area contributed by atoms with E-state index in [9.17, 15) is 13.2 Å². The molecule has 174 valence electrons. The van der Waals surface area contributed by atoms with E-state index in [4.69, 9.17) is 4.74 Å². The number of hydrogen-bond acceptors (Lipinski definition) is 6. The molecule has 2 aromatic carbocycles. The van der Waals surface area contributed by atoms with E-state index in [0.29, 0.717) is 44.8 Å². The molecule has 1 aliphatic heterocycles. The molecule has 3 aromatic rings. The summed E-state index contributed by atoms with van der Waals surface area (Å²) in [6.07, 6.45) is 4.09. The van der Waals surface area contributed by atoms with Crippen LogP contribution in [0.2, 0.25) is 0 Å². The number of nitrogens with zero attached hydrogens (tertiary/aromatic N) is 4. The molecule has 33 heavy (non-hydrogen) atoms. The SMILES string of the molecule is CCOc1ccc(S(=O)(=O)N2CCC(C(=O)NCc3ccc(-n4cncn4)cc3)CC2)cc1. The molecule has 0 bridgehead atoms. The van der Waals surface area contributed by atoms with Crippen LogP contribution < -0.4 is 10.1 Å². The second-order valence-corrected chi connectivity index (χ2v) is 9.75. The van der Waals surface area contributed by atoms with Gasteiger partial charge >= 0.3 is 0 Å². The van der Waals surface area contributed by atoms with Crippen LogP contribution in [0.1, 0.15) is 25.3 Å². The maximum atomic E-state index is 12.9. The maximum absolute atomic E-state index is 12.9. The van der Waals surface area contributed by atoms with Crippen molar-refractivity contribution in [2.24, 2.45) is 5.92 Å². The molecule has 0 aliphatic carbocycles. The zero-order chi connectivity index (χ0) is 23.3. The lowest BCUT2D eigenvalue weighted by molar-refractivity contribution is -0.126. The quantitative estimate of drug-likeness (QED) is 0.543. The van der Waals surface area contributed by atoms with Crippen LogP contribution in [0.3, 0.4) is 0 Å². The predicted octanol–water partition coefficient (Wildman–Crippen LogP) is 2.38. The second-order valence-electron chi connectivity index (χ2n) is 7.81. The van der Waals surface area contributed by atoms with E-state index in [-0.39, 0.29) is 16.7 Å². The Labute approximate surface area is 193 Å². The van der Waals surface area contributed by atoms with Gasteiger partial charge in [0.05, 0.1) is 17.2 Å². The van der Waals surface area contributed by atoms with E-state index >= 15 is 0 Å². The first-order valence-corrected chi connectivity index (χ1v) is 12.4. The Kier molecular flexibility index (Phi) is 7.05. The molecule has 1 amide bonds. The number of amides is 1. The lowest BCUT2D eigenvalue weighted by Gasteiger charge is -2.30. The van der Waals surface area contributed by atoms with Gasteiger partial charge in [-0.3, -0.25) is 4.79 Å². The highest BCUT2D eigenvalue weighted by molar-refractivity contribution is 7.89. The highest BCUT2D eigenvalue weighted by Crippen LogP contribution is 2.25. The predicted molar refractivity (Wildman–Crippen MR) is 122 cm³/mol. The summed E-state index contributed by atoms with van der Waals surface area (Å²) in [5.74, 6) is 0.388. The van der Waals surface area contributed by atoms with Crippen LogP contribution in [0.4, 0.5) is 0 Å². The van der Waals surface area contributed by atoms with Gasteiger partial charge in [-0.15, -0.1) is 0 Å². The second kappa shape index (κ2) is 10.1. The van der Waals surface area contributed by atoms with Crippen LogP contribution >= 0.6 is 0 Å². The Hall–Kier alpha value is -3.24. The fourth-order valence-electron chi connectivity index (χ4n) is 3.82. The largest absolute Gasteiger partial charge is 0.494 e. The Morgan fingerprint density at radius 2 is 1.79 bits per heavy atom. The number of piperidine rings is 1. The van der Waals surface area contributed by atoms with Crippen molar-refractivity contribution >= 4 is 15.9 Å². The van der Waals surface area contributed by atoms with Crippen molar-refractivity contribution in [2.45, 2.75) is 31.2 Å². The fraction of sp³-hybridized carbons (Fsp3) is 0.348. The van der Waals surface area contributed by atoms with Crippen molar-refractivity contribution in [3.05, 3.63) is 66.7 Å².